The molecule has 4 nitrogen and oxygen atoms in total. The molecule has 2 heterocycles. The Bertz CT molecular complexity index is 606. The number of hydrogen-bond acceptors (Lipinski definition) is 5. The molecule has 0 radical (unpaired) electrons. The molecule has 3 rings (SSSR count). The molecule has 1 unspecified atom stereocenters. The van der Waals surface area contributed by atoms with E-state index in [1.54, 1.807) is 29.9 Å². The van der Waals surface area contributed by atoms with Crippen molar-refractivity contribution in [3.63, 3.8) is 0 Å². The van der Waals surface area contributed by atoms with E-state index in [9.17, 15) is 0 Å². The van der Waals surface area contributed by atoms with E-state index in [2.05, 4.69) is 36.1 Å². The Morgan fingerprint density at radius 3 is 2.95 bits per heavy atom. The van der Waals surface area contributed by atoms with Crippen LogP contribution in [0, 0.1) is 5.41 Å². The Balaban J connectivity index is 1.95. The van der Waals surface area contributed by atoms with Gasteiger partial charge < -0.3 is 5.32 Å². The normalized spacial score (nSPS) is 20.2. The van der Waals surface area contributed by atoms with Gasteiger partial charge in [-0.25, -0.2) is 4.98 Å². The number of nitrogens with zero attached hydrogens (tertiary/aromatic N) is 3. The molecule has 0 amide bonds. The van der Waals surface area contributed by atoms with E-state index in [1.807, 2.05) is 0 Å². The maximum atomic E-state index is 4.85. The highest BCUT2D eigenvalue weighted by molar-refractivity contribution is 7.15. The molecular formula is C16H22N4S. The zero-order valence-electron chi connectivity index (χ0n) is 12.9. The Labute approximate surface area is 130 Å². The van der Waals surface area contributed by atoms with Crippen LogP contribution >= 0.6 is 11.3 Å². The fourth-order valence-electron chi connectivity index (χ4n) is 2.94. The van der Waals surface area contributed by atoms with Gasteiger partial charge >= 0.3 is 0 Å². The fourth-order valence-corrected chi connectivity index (χ4v) is 4.05. The summed E-state index contributed by atoms with van der Waals surface area (Å²) < 4.78 is 0. The molecule has 2 aromatic heterocycles. The van der Waals surface area contributed by atoms with Gasteiger partial charge in [0.15, 0.2) is 0 Å². The summed E-state index contributed by atoms with van der Waals surface area (Å²) in [6, 6.07) is 0.423. The lowest BCUT2D eigenvalue weighted by molar-refractivity contribution is 0.258. The predicted molar refractivity (Wildman–Crippen MR) is 86.3 cm³/mol. The molecule has 2 aromatic rings. The fraction of sp³-hybridized carbons (Fsp3) is 0.562. The third-order valence-corrected chi connectivity index (χ3v) is 5.10. The van der Waals surface area contributed by atoms with Crippen LogP contribution in [0.2, 0.25) is 0 Å². The van der Waals surface area contributed by atoms with Gasteiger partial charge in [0.1, 0.15) is 10.7 Å². The second-order valence-corrected chi connectivity index (χ2v) is 7.50. The summed E-state index contributed by atoms with van der Waals surface area (Å²) in [6.45, 7) is 7.92. The van der Waals surface area contributed by atoms with Crippen molar-refractivity contribution < 1.29 is 0 Å². The number of fused-ring (bicyclic) bond motifs is 1. The lowest BCUT2D eigenvalue weighted by atomic mass is 9.76. The first kappa shape index (κ1) is 14.6. The summed E-state index contributed by atoms with van der Waals surface area (Å²) in [6.07, 6.45) is 8.59. The highest BCUT2D eigenvalue weighted by Gasteiger charge is 2.34. The van der Waals surface area contributed by atoms with E-state index in [-0.39, 0.29) is 0 Å². The van der Waals surface area contributed by atoms with Crippen molar-refractivity contribution in [2.45, 2.75) is 46.1 Å². The van der Waals surface area contributed by atoms with Crippen LogP contribution in [-0.4, -0.2) is 21.5 Å². The van der Waals surface area contributed by atoms with Crippen molar-refractivity contribution in [1.82, 2.24) is 20.3 Å². The largest absolute Gasteiger partial charge is 0.309 e. The first-order chi connectivity index (χ1) is 10.1. The van der Waals surface area contributed by atoms with Gasteiger partial charge in [-0.3, -0.25) is 9.97 Å². The van der Waals surface area contributed by atoms with E-state index >= 15 is 0 Å². The molecule has 112 valence electrons. The first-order valence-electron chi connectivity index (χ1n) is 7.58. The highest BCUT2D eigenvalue weighted by Crippen LogP contribution is 2.44. The zero-order valence-corrected chi connectivity index (χ0v) is 13.7. The van der Waals surface area contributed by atoms with Crippen molar-refractivity contribution in [3.05, 3.63) is 29.2 Å². The molecule has 5 heteroatoms. The van der Waals surface area contributed by atoms with Gasteiger partial charge in [-0.1, -0.05) is 20.8 Å². The van der Waals surface area contributed by atoms with Crippen LogP contribution < -0.4 is 5.32 Å². The van der Waals surface area contributed by atoms with Crippen LogP contribution in [0.25, 0.3) is 10.7 Å². The van der Waals surface area contributed by atoms with Crippen molar-refractivity contribution >= 4 is 11.3 Å². The van der Waals surface area contributed by atoms with E-state index in [0.29, 0.717) is 11.5 Å². The number of aromatic nitrogens is 3. The monoisotopic (exact) mass is 302 g/mol. The summed E-state index contributed by atoms with van der Waals surface area (Å²) in [5.41, 5.74) is 2.42. The predicted octanol–water partition coefficient (Wildman–Crippen LogP) is 3.61. The molecule has 1 atom stereocenters. The van der Waals surface area contributed by atoms with Crippen LogP contribution in [0.4, 0.5) is 0 Å². The maximum Gasteiger partial charge on any atom is 0.144 e. The van der Waals surface area contributed by atoms with E-state index in [1.165, 1.54) is 17.0 Å². The van der Waals surface area contributed by atoms with Gasteiger partial charge in [-0.15, -0.1) is 11.3 Å². The lowest BCUT2D eigenvalue weighted by Crippen LogP contribution is -2.33. The Morgan fingerprint density at radius 1 is 1.38 bits per heavy atom. The number of nitrogens with one attached hydrogen (secondary N) is 1. The first-order valence-corrected chi connectivity index (χ1v) is 8.40. The molecule has 0 bridgehead atoms. The van der Waals surface area contributed by atoms with Crippen molar-refractivity contribution in [3.8, 4) is 10.7 Å². The van der Waals surface area contributed by atoms with E-state index in [4.69, 9.17) is 4.98 Å². The average molecular weight is 302 g/mol. The molecule has 1 aliphatic rings. The second-order valence-electron chi connectivity index (χ2n) is 6.47. The Morgan fingerprint density at radius 2 is 2.24 bits per heavy atom. The summed E-state index contributed by atoms with van der Waals surface area (Å²) in [4.78, 5) is 14.8. The molecule has 0 spiro atoms. The van der Waals surface area contributed by atoms with E-state index < -0.39 is 0 Å². The molecule has 0 aromatic carbocycles. The maximum absolute atomic E-state index is 4.85. The van der Waals surface area contributed by atoms with Crippen LogP contribution in [-0.2, 0) is 6.42 Å². The molecule has 0 aliphatic heterocycles. The summed E-state index contributed by atoms with van der Waals surface area (Å²) in [5.74, 6) is 0. The van der Waals surface area contributed by atoms with Crippen molar-refractivity contribution in [2.24, 2.45) is 5.41 Å². The molecule has 1 aliphatic carbocycles. The van der Waals surface area contributed by atoms with Crippen molar-refractivity contribution in [2.75, 3.05) is 6.54 Å². The minimum Gasteiger partial charge on any atom is -0.309 e. The SMILES string of the molecule is CCCNC1CC(C)(C)Cc2nc(-c3cnccn3)sc21. The molecule has 0 fully saturated rings. The summed E-state index contributed by atoms with van der Waals surface area (Å²) in [7, 11) is 0. The molecule has 1 N–H and O–H groups in total. The number of thiazole rings is 1. The highest BCUT2D eigenvalue weighted by atomic mass is 32.1. The number of rotatable bonds is 4. The molecule has 0 saturated carbocycles. The van der Waals surface area contributed by atoms with Crippen LogP contribution in [0.1, 0.15) is 50.2 Å². The van der Waals surface area contributed by atoms with Crippen molar-refractivity contribution in [1.29, 1.82) is 0 Å². The van der Waals surface area contributed by atoms with E-state index in [0.717, 1.165) is 30.1 Å². The van der Waals surface area contributed by atoms with Gasteiger partial charge in [0.05, 0.1) is 11.9 Å². The Hall–Kier alpha value is -1.33. The van der Waals surface area contributed by atoms with Gasteiger partial charge in [0, 0.05) is 23.3 Å². The molecular weight excluding hydrogens is 280 g/mol. The summed E-state index contributed by atoms with van der Waals surface area (Å²) in [5, 5.41) is 4.68. The van der Waals surface area contributed by atoms with Gasteiger partial charge in [0.25, 0.3) is 0 Å². The van der Waals surface area contributed by atoms with Crippen LogP contribution in [0.15, 0.2) is 18.6 Å². The quantitative estimate of drug-likeness (QED) is 0.937. The number of hydrogen-bond donors (Lipinski definition) is 1. The lowest BCUT2D eigenvalue weighted by Gasteiger charge is -2.34. The van der Waals surface area contributed by atoms with Crippen LogP contribution in [0.5, 0.6) is 0 Å². The van der Waals surface area contributed by atoms with Crippen LogP contribution in [0.3, 0.4) is 0 Å². The topological polar surface area (TPSA) is 50.7 Å². The van der Waals surface area contributed by atoms with Gasteiger partial charge in [0.2, 0.25) is 0 Å². The standard InChI is InChI=1S/C16H22N4S/c1-4-5-18-11-8-16(2,3)9-12-14(11)21-15(20-12)13-10-17-6-7-19-13/h6-7,10-11,18H,4-5,8-9H2,1-3H3. The summed E-state index contributed by atoms with van der Waals surface area (Å²) >= 11 is 1.77. The van der Waals surface area contributed by atoms with Gasteiger partial charge in [-0.2, -0.15) is 0 Å². The smallest absolute Gasteiger partial charge is 0.144 e. The third-order valence-electron chi connectivity index (χ3n) is 3.87. The molecule has 21 heavy (non-hydrogen) atoms. The van der Waals surface area contributed by atoms with Gasteiger partial charge in [-0.05, 0) is 31.2 Å². The Kier molecular flexibility index (Phi) is 4.04. The second kappa shape index (κ2) is 5.81. The third kappa shape index (κ3) is 3.14. The minimum absolute atomic E-state index is 0.298. The zero-order chi connectivity index (χ0) is 14.9. The average Bonchev–Trinajstić information content (AvgIpc) is 2.88. The minimum atomic E-state index is 0.298. The molecule has 0 saturated heterocycles.